The molecule has 1 N–H and O–H groups in total. The molecule has 0 bridgehead atoms. The standard InChI is InChI=1S/C15H21ClFNO/c1-15(2,3)18-9-11-6-7-19-14(11)10-4-5-12(16)13(17)8-10/h4-5,8,11,14,18H,6-7,9H2,1-3H3. The van der Waals surface area contributed by atoms with E-state index in [2.05, 4.69) is 26.1 Å². The molecule has 0 radical (unpaired) electrons. The lowest BCUT2D eigenvalue weighted by Gasteiger charge is -2.26. The van der Waals surface area contributed by atoms with Gasteiger partial charge in [-0.25, -0.2) is 4.39 Å². The van der Waals surface area contributed by atoms with E-state index in [1.807, 2.05) is 6.07 Å². The van der Waals surface area contributed by atoms with Crippen molar-refractivity contribution < 1.29 is 9.13 Å². The number of ether oxygens (including phenoxy) is 1. The number of halogens is 2. The average Bonchev–Trinajstić information content (AvgIpc) is 2.77. The van der Waals surface area contributed by atoms with Gasteiger partial charge in [0, 0.05) is 24.6 Å². The first-order chi connectivity index (χ1) is 8.87. The van der Waals surface area contributed by atoms with Crippen LogP contribution < -0.4 is 5.32 Å². The first-order valence-corrected chi connectivity index (χ1v) is 7.06. The van der Waals surface area contributed by atoms with Crippen LogP contribution in [0.1, 0.15) is 38.9 Å². The van der Waals surface area contributed by atoms with Gasteiger partial charge in [0.2, 0.25) is 0 Å². The molecule has 2 unspecified atom stereocenters. The normalized spacial score (nSPS) is 23.8. The van der Waals surface area contributed by atoms with Crippen LogP contribution in [0, 0.1) is 11.7 Å². The van der Waals surface area contributed by atoms with Crippen LogP contribution in [0.5, 0.6) is 0 Å². The Hall–Kier alpha value is -0.640. The second kappa shape index (κ2) is 5.78. The maximum atomic E-state index is 13.5. The molecule has 0 aliphatic carbocycles. The van der Waals surface area contributed by atoms with E-state index in [0.717, 1.165) is 25.1 Å². The maximum absolute atomic E-state index is 13.5. The molecule has 1 fully saturated rings. The van der Waals surface area contributed by atoms with Crippen molar-refractivity contribution in [3.8, 4) is 0 Å². The van der Waals surface area contributed by atoms with Crippen LogP contribution in [0.15, 0.2) is 18.2 Å². The highest BCUT2D eigenvalue weighted by atomic mass is 35.5. The molecule has 2 atom stereocenters. The first-order valence-electron chi connectivity index (χ1n) is 6.68. The third-order valence-corrected chi connectivity index (χ3v) is 3.69. The third-order valence-electron chi connectivity index (χ3n) is 3.38. The first kappa shape index (κ1) is 14.8. The molecule has 0 amide bonds. The average molecular weight is 286 g/mol. The fraction of sp³-hybridized carbons (Fsp3) is 0.600. The molecule has 1 aliphatic heterocycles. The van der Waals surface area contributed by atoms with E-state index in [1.54, 1.807) is 6.07 Å². The molecule has 2 nitrogen and oxygen atoms in total. The summed E-state index contributed by atoms with van der Waals surface area (Å²) in [6.45, 7) is 8.02. The number of hydrogen-bond acceptors (Lipinski definition) is 2. The Morgan fingerprint density at radius 1 is 1.42 bits per heavy atom. The van der Waals surface area contributed by atoms with Gasteiger partial charge in [0.05, 0.1) is 11.1 Å². The maximum Gasteiger partial charge on any atom is 0.142 e. The molecule has 2 rings (SSSR count). The molecule has 0 saturated carbocycles. The van der Waals surface area contributed by atoms with Crippen molar-refractivity contribution in [2.45, 2.75) is 38.8 Å². The molecule has 1 aliphatic rings. The van der Waals surface area contributed by atoms with Crippen molar-refractivity contribution in [3.05, 3.63) is 34.6 Å². The molecule has 0 spiro atoms. The van der Waals surface area contributed by atoms with E-state index in [1.165, 1.54) is 6.07 Å². The highest BCUT2D eigenvalue weighted by Crippen LogP contribution is 2.35. The highest BCUT2D eigenvalue weighted by Gasteiger charge is 2.30. The zero-order valence-electron chi connectivity index (χ0n) is 11.7. The van der Waals surface area contributed by atoms with E-state index in [9.17, 15) is 4.39 Å². The number of benzene rings is 1. The summed E-state index contributed by atoms with van der Waals surface area (Å²) in [5, 5.41) is 3.65. The molecular formula is C15H21ClFNO. The van der Waals surface area contributed by atoms with Crippen molar-refractivity contribution in [3.63, 3.8) is 0 Å². The quantitative estimate of drug-likeness (QED) is 0.908. The second-order valence-corrected chi connectivity index (χ2v) is 6.55. The zero-order valence-corrected chi connectivity index (χ0v) is 12.4. The van der Waals surface area contributed by atoms with E-state index < -0.39 is 0 Å². The van der Waals surface area contributed by atoms with Crippen molar-refractivity contribution >= 4 is 11.6 Å². The Bertz CT molecular complexity index is 444. The SMILES string of the molecule is CC(C)(C)NCC1CCOC1c1ccc(Cl)c(F)c1. The van der Waals surface area contributed by atoms with Gasteiger partial charge in [0.25, 0.3) is 0 Å². The molecule has 1 saturated heterocycles. The van der Waals surface area contributed by atoms with Crippen molar-refractivity contribution in [2.24, 2.45) is 5.92 Å². The lowest BCUT2D eigenvalue weighted by Crippen LogP contribution is -2.39. The van der Waals surface area contributed by atoms with Crippen molar-refractivity contribution in [1.29, 1.82) is 0 Å². The molecular weight excluding hydrogens is 265 g/mol. The van der Waals surface area contributed by atoms with Crippen molar-refractivity contribution in [1.82, 2.24) is 5.32 Å². The Morgan fingerprint density at radius 3 is 2.79 bits per heavy atom. The van der Waals surface area contributed by atoms with Gasteiger partial charge in [-0.2, -0.15) is 0 Å². The topological polar surface area (TPSA) is 21.3 Å². The smallest absolute Gasteiger partial charge is 0.142 e. The number of rotatable bonds is 3. The zero-order chi connectivity index (χ0) is 14.0. The minimum absolute atomic E-state index is 0.0402. The van der Waals surface area contributed by atoms with Gasteiger partial charge in [-0.05, 0) is 44.9 Å². The number of nitrogens with one attached hydrogen (secondary N) is 1. The fourth-order valence-corrected chi connectivity index (χ4v) is 2.46. The van der Waals surface area contributed by atoms with Gasteiger partial charge >= 0.3 is 0 Å². The summed E-state index contributed by atoms with van der Waals surface area (Å²) in [7, 11) is 0. The van der Waals surface area contributed by atoms with Gasteiger partial charge in [0.15, 0.2) is 0 Å². The summed E-state index contributed by atoms with van der Waals surface area (Å²) in [5.41, 5.74) is 0.957. The van der Waals surface area contributed by atoms with E-state index in [0.29, 0.717) is 5.92 Å². The summed E-state index contributed by atoms with van der Waals surface area (Å²) in [5.74, 6) is -0.00278. The minimum Gasteiger partial charge on any atom is -0.373 e. The summed E-state index contributed by atoms with van der Waals surface area (Å²) >= 11 is 5.72. The molecule has 4 heteroatoms. The van der Waals surface area contributed by atoms with Gasteiger partial charge in [-0.1, -0.05) is 17.7 Å². The van der Waals surface area contributed by atoms with Crippen LogP contribution in [-0.2, 0) is 4.74 Å². The Balaban J connectivity index is 2.07. The fourth-order valence-electron chi connectivity index (χ4n) is 2.34. The van der Waals surface area contributed by atoms with Gasteiger partial charge < -0.3 is 10.1 Å². The van der Waals surface area contributed by atoms with Gasteiger partial charge in [-0.15, -0.1) is 0 Å². The summed E-state index contributed by atoms with van der Waals surface area (Å²) in [6, 6.07) is 4.94. The van der Waals surface area contributed by atoms with E-state index >= 15 is 0 Å². The lowest BCUT2D eigenvalue weighted by molar-refractivity contribution is 0.0887. The predicted molar refractivity (Wildman–Crippen MR) is 76.0 cm³/mol. The molecule has 1 aromatic rings. The molecule has 106 valence electrons. The van der Waals surface area contributed by atoms with Crippen LogP contribution >= 0.6 is 11.6 Å². The van der Waals surface area contributed by atoms with Crippen LogP contribution in [0.2, 0.25) is 5.02 Å². The molecule has 1 heterocycles. The second-order valence-electron chi connectivity index (χ2n) is 6.14. The predicted octanol–water partition coefficient (Wildman–Crippen LogP) is 3.94. The highest BCUT2D eigenvalue weighted by molar-refractivity contribution is 6.30. The van der Waals surface area contributed by atoms with E-state index in [4.69, 9.17) is 16.3 Å². The Morgan fingerprint density at radius 2 is 2.16 bits per heavy atom. The Labute approximate surface area is 119 Å². The largest absolute Gasteiger partial charge is 0.373 e. The van der Waals surface area contributed by atoms with Gasteiger partial charge in [0.1, 0.15) is 5.82 Å². The minimum atomic E-state index is -0.378. The third kappa shape index (κ3) is 3.91. The molecule has 1 aromatic carbocycles. The molecule has 0 aromatic heterocycles. The summed E-state index contributed by atoms with van der Waals surface area (Å²) in [6.07, 6.45) is 0.958. The van der Waals surface area contributed by atoms with E-state index in [-0.39, 0.29) is 22.5 Å². The summed E-state index contributed by atoms with van der Waals surface area (Å²) < 4.78 is 19.3. The van der Waals surface area contributed by atoms with Crippen LogP contribution in [0.25, 0.3) is 0 Å². The lowest BCUT2D eigenvalue weighted by atomic mass is 9.94. The van der Waals surface area contributed by atoms with Crippen molar-refractivity contribution in [2.75, 3.05) is 13.2 Å². The summed E-state index contributed by atoms with van der Waals surface area (Å²) in [4.78, 5) is 0. The monoisotopic (exact) mass is 285 g/mol. The van der Waals surface area contributed by atoms with Crippen LogP contribution in [0.3, 0.4) is 0 Å². The molecule has 19 heavy (non-hydrogen) atoms. The van der Waals surface area contributed by atoms with Crippen LogP contribution in [-0.4, -0.2) is 18.7 Å². The number of hydrogen-bond donors (Lipinski definition) is 1. The Kier molecular flexibility index (Phi) is 4.49. The van der Waals surface area contributed by atoms with Gasteiger partial charge in [-0.3, -0.25) is 0 Å². The van der Waals surface area contributed by atoms with Crippen LogP contribution in [0.4, 0.5) is 4.39 Å².